The number of carbonyl (C=O) groups is 1. The van der Waals surface area contributed by atoms with E-state index in [0.717, 1.165) is 50.0 Å². The molecule has 3 rings (SSSR count). The Morgan fingerprint density at radius 3 is 2.57 bits per heavy atom. The Morgan fingerprint density at radius 2 is 1.90 bits per heavy atom. The molecule has 2 fully saturated rings. The number of piperazine rings is 1. The Hall–Kier alpha value is -1.85. The van der Waals surface area contributed by atoms with Crippen molar-refractivity contribution in [1.29, 1.82) is 0 Å². The fourth-order valence-corrected chi connectivity index (χ4v) is 3.09. The minimum absolute atomic E-state index is 0.520. The van der Waals surface area contributed by atoms with Gasteiger partial charge in [-0.15, -0.1) is 0 Å². The highest BCUT2D eigenvalue weighted by atomic mass is 16.1. The zero-order valence-electron chi connectivity index (χ0n) is 12.6. The van der Waals surface area contributed by atoms with Gasteiger partial charge in [-0.25, -0.2) is 4.98 Å². The van der Waals surface area contributed by atoms with Crippen LogP contribution in [0.15, 0.2) is 6.07 Å². The zero-order valence-corrected chi connectivity index (χ0v) is 12.6. The standard InChI is InChI=1S/C15H23N5O/c1-12-10-14(20-8-6-19(11-21)7-9-20)18-15(16-12)17-13-4-2-3-5-13/h10-11,13H,2-9H2,1H3,(H,16,17,18). The lowest BCUT2D eigenvalue weighted by Gasteiger charge is -2.33. The number of carbonyl (C=O) groups excluding carboxylic acids is 1. The van der Waals surface area contributed by atoms with Crippen LogP contribution in [0.3, 0.4) is 0 Å². The molecule has 1 saturated carbocycles. The van der Waals surface area contributed by atoms with Crippen LogP contribution >= 0.6 is 0 Å². The molecule has 0 radical (unpaired) electrons. The number of anilines is 2. The van der Waals surface area contributed by atoms with Gasteiger partial charge in [0.05, 0.1) is 0 Å². The van der Waals surface area contributed by atoms with Gasteiger partial charge in [0.15, 0.2) is 0 Å². The molecule has 0 aromatic carbocycles. The summed E-state index contributed by atoms with van der Waals surface area (Å²) in [7, 11) is 0. The van der Waals surface area contributed by atoms with E-state index in [1.54, 1.807) is 0 Å². The predicted octanol–water partition coefficient (Wildman–Crippen LogP) is 1.42. The van der Waals surface area contributed by atoms with Crippen molar-refractivity contribution in [3.8, 4) is 0 Å². The van der Waals surface area contributed by atoms with Crippen LogP contribution in [0, 0.1) is 6.92 Å². The highest BCUT2D eigenvalue weighted by molar-refractivity contribution is 5.50. The second kappa shape index (κ2) is 6.28. The number of amides is 1. The smallest absolute Gasteiger partial charge is 0.225 e. The molecule has 1 aromatic rings. The zero-order chi connectivity index (χ0) is 14.7. The van der Waals surface area contributed by atoms with Crippen molar-refractivity contribution in [3.63, 3.8) is 0 Å². The largest absolute Gasteiger partial charge is 0.353 e. The Labute approximate surface area is 125 Å². The van der Waals surface area contributed by atoms with Crippen LogP contribution in [-0.2, 0) is 4.79 Å². The lowest BCUT2D eigenvalue weighted by atomic mass is 10.2. The van der Waals surface area contributed by atoms with E-state index in [9.17, 15) is 4.79 Å². The van der Waals surface area contributed by atoms with Gasteiger partial charge in [-0.2, -0.15) is 4.98 Å². The summed E-state index contributed by atoms with van der Waals surface area (Å²) in [5, 5.41) is 3.47. The molecule has 1 amide bonds. The molecule has 114 valence electrons. The van der Waals surface area contributed by atoms with E-state index in [4.69, 9.17) is 0 Å². The lowest BCUT2D eigenvalue weighted by Crippen LogP contribution is -2.46. The molecule has 2 heterocycles. The number of aryl methyl sites for hydroxylation is 1. The van der Waals surface area contributed by atoms with E-state index < -0.39 is 0 Å². The third-order valence-electron chi connectivity index (χ3n) is 4.32. The van der Waals surface area contributed by atoms with Gasteiger partial charge in [0.25, 0.3) is 0 Å². The number of nitrogens with one attached hydrogen (secondary N) is 1. The minimum atomic E-state index is 0.520. The van der Waals surface area contributed by atoms with Crippen molar-refractivity contribution in [2.45, 2.75) is 38.6 Å². The molecule has 0 unspecified atom stereocenters. The summed E-state index contributed by atoms with van der Waals surface area (Å²) in [6.07, 6.45) is 5.94. The van der Waals surface area contributed by atoms with Gasteiger partial charge in [-0.3, -0.25) is 4.79 Å². The van der Waals surface area contributed by atoms with Crippen molar-refractivity contribution in [2.24, 2.45) is 0 Å². The highest BCUT2D eigenvalue weighted by Gasteiger charge is 2.19. The quantitative estimate of drug-likeness (QED) is 0.849. The molecule has 0 bridgehead atoms. The first-order valence-electron chi connectivity index (χ1n) is 7.81. The normalized spacial score (nSPS) is 19.9. The van der Waals surface area contributed by atoms with Gasteiger partial charge < -0.3 is 15.1 Å². The molecule has 0 atom stereocenters. The van der Waals surface area contributed by atoms with E-state index in [1.807, 2.05) is 17.9 Å². The molecule has 1 aliphatic carbocycles. The van der Waals surface area contributed by atoms with Crippen LogP contribution in [0.4, 0.5) is 11.8 Å². The van der Waals surface area contributed by atoms with Crippen LogP contribution in [0.1, 0.15) is 31.4 Å². The predicted molar refractivity (Wildman–Crippen MR) is 82.5 cm³/mol. The fourth-order valence-electron chi connectivity index (χ4n) is 3.09. The topological polar surface area (TPSA) is 61.4 Å². The summed E-state index contributed by atoms with van der Waals surface area (Å²) >= 11 is 0. The summed E-state index contributed by atoms with van der Waals surface area (Å²) < 4.78 is 0. The van der Waals surface area contributed by atoms with Crippen molar-refractivity contribution < 1.29 is 4.79 Å². The first kappa shape index (κ1) is 14.1. The molecule has 1 N–H and O–H groups in total. The number of hydrogen-bond acceptors (Lipinski definition) is 5. The van der Waals surface area contributed by atoms with Gasteiger partial charge >= 0.3 is 0 Å². The van der Waals surface area contributed by atoms with Crippen LogP contribution in [0.2, 0.25) is 0 Å². The third-order valence-corrected chi connectivity index (χ3v) is 4.32. The summed E-state index contributed by atoms with van der Waals surface area (Å²) in [6.45, 7) is 5.19. The molecule has 0 spiro atoms. The van der Waals surface area contributed by atoms with E-state index in [0.29, 0.717) is 6.04 Å². The molecule has 1 aromatic heterocycles. The van der Waals surface area contributed by atoms with Gasteiger partial charge in [-0.1, -0.05) is 12.8 Å². The van der Waals surface area contributed by atoms with Crippen LogP contribution in [-0.4, -0.2) is 53.5 Å². The molecule has 2 aliphatic rings. The van der Waals surface area contributed by atoms with E-state index in [1.165, 1.54) is 25.7 Å². The van der Waals surface area contributed by atoms with E-state index in [-0.39, 0.29) is 0 Å². The molecule has 1 aliphatic heterocycles. The summed E-state index contributed by atoms with van der Waals surface area (Å²) in [5.74, 6) is 1.71. The maximum Gasteiger partial charge on any atom is 0.225 e. The summed E-state index contributed by atoms with van der Waals surface area (Å²) in [5.41, 5.74) is 0.985. The van der Waals surface area contributed by atoms with E-state index in [2.05, 4.69) is 20.2 Å². The Balaban J connectivity index is 1.70. The van der Waals surface area contributed by atoms with Crippen molar-refractivity contribution >= 4 is 18.2 Å². The SMILES string of the molecule is Cc1cc(N2CCN(C=O)CC2)nc(NC2CCCC2)n1. The molecule has 21 heavy (non-hydrogen) atoms. The van der Waals surface area contributed by atoms with Crippen molar-refractivity contribution in [3.05, 3.63) is 11.8 Å². The maximum atomic E-state index is 10.8. The molecular formula is C15H23N5O. The van der Waals surface area contributed by atoms with Gasteiger partial charge in [0.2, 0.25) is 12.4 Å². The van der Waals surface area contributed by atoms with Gasteiger partial charge in [0, 0.05) is 44.0 Å². The summed E-state index contributed by atoms with van der Waals surface area (Å²) in [6, 6.07) is 2.54. The highest BCUT2D eigenvalue weighted by Crippen LogP contribution is 2.22. The first-order chi connectivity index (χ1) is 10.2. The number of rotatable bonds is 4. The lowest BCUT2D eigenvalue weighted by molar-refractivity contribution is -0.118. The molecule has 1 saturated heterocycles. The maximum absolute atomic E-state index is 10.8. The molecular weight excluding hydrogens is 266 g/mol. The Bertz CT molecular complexity index is 493. The van der Waals surface area contributed by atoms with Crippen LogP contribution in [0.25, 0.3) is 0 Å². The number of nitrogens with zero attached hydrogens (tertiary/aromatic N) is 4. The van der Waals surface area contributed by atoms with Crippen LogP contribution in [0.5, 0.6) is 0 Å². The second-order valence-electron chi connectivity index (χ2n) is 5.95. The number of aromatic nitrogens is 2. The average molecular weight is 289 g/mol. The fraction of sp³-hybridized carbons (Fsp3) is 0.667. The van der Waals surface area contributed by atoms with Crippen molar-refractivity contribution in [1.82, 2.24) is 14.9 Å². The van der Waals surface area contributed by atoms with Gasteiger partial charge in [-0.05, 0) is 19.8 Å². The average Bonchev–Trinajstić information content (AvgIpc) is 2.99. The number of hydrogen-bond donors (Lipinski definition) is 1. The second-order valence-corrected chi connectivity index (χ2v) is 5.95. The monoisotopic (exact) mass is 289 g/mol. The Morgan fingerprint density at radius 1 is 1.19 bits per heavy atom. The Kier molecular flexibility index (Phi) is 4.22. The van der Waals surface area contributed by atoms with E-state index >= 15 is 0 Å². The summed E-state index contributed by atoms with van der Waals surface area (Å²) in [4.78, 5) is 24.0. The van der Waals surface area contributed by atoms with Crippen molar-refractivity contribution in [2.75, 3.05) is 36.4 Å². The van der Waals surface area contributed by atoms with Gasteiger partial charge in [0.1, 0.15) is 5.82 Å². The third kappa shape index (κ3) is 3.43. The molecule has 6 nitrogen and oxygen atoms in total. The first-order valence-corrected chi connectivity index (χ1v) is 7.81. The van der Waals surface area contributed by atoms with Crippen LogP contribution < -0.4 is 10.2 Å². The minimum Gasteiger partial charge on any atom is -0.353 e. The molecule has 6 heteroatoms.